The third-order valence-corrected chi connectivity index (χ3v) is 2.98. The maximum atomic E-state index is 2.21. The van der Waals surface area contributed by atoms with Crippen LogP contribution in [0.3, 0.4) is 0 Å². The molecule has 84 valence electrons. The van der Waals surface area contributed by atoms with E-state index < -0.39 is 0 Å². The van der Waals surface area contributed by atoms with E-state index in [1.165, 1.54) is 31.9 Å². The van der Waals surface area contributed by atoms with Crippen molar-refractivity contribution in [2.75, 3.05) is 28.2 Å². The number of nitrogens with one attached hydrogen (secondary N) is 2. The van der Waals surface area contributed by atoms with Gasteiger partial charge in [-0.25, -0.2) is 0 Å². The van der Waals surface area contributed by atoms with E-state index >= 15 is 0 Å². The Bertz CT molecular complexity index is 458. The highest BCUT2D eigenvalue weighted by atomic mass is 15.1. The predicted molar refractivity (Wildman–Crippen MR) is 68.9 cm³/mol. The topological polar surface area (TPSA) is 8.88 Å². The zero-order valence-electron chi connectivity index (χ0n) is 10.5. The number of benzene rings is 2. The second kappa shape index (κ2) is 4.24. The molecule has 0 saturated heterocycles. The van der Waals surface area contributed by atoms with Crippen LogP contribution in [0.2, 0.25) is 0 Å². The lowest BCUT2D eigenvalue weighted by molar-refractivity contribution is -0.790. The number of fused-ring (bicyclic) bond motifs is 1. The molecule has 0 atom stereocenters. The van der Waals surface area contributed by atoms with Crippen LogP contribution < -0.4 is 9.80 Å². The molecule has 0 amide bonds. The summed E-state index contributed by atoms with van der Waals surface area (Å²) < 4.78 is 0. The molecule has 2 rings (SSSR count). The van der Waals surface area contributed by atoms with Crippen LogP contribution >= 0.6 is 0 Å². The third kappa shape index (κ3) is 1.82. The fourth-order valence-electron chi connectivity index (χ4n) is 2.17. The molecule has 0 unspecified atom stereocenters. The van der Waals surface area contributed by atoms with Crippen molar-refractivity contribution >= 4 is 22.1 Å². The Labute approximate surface area is 97.1 Å². The summed E-state index contributed by atoms with van der Waals surface area (Å²) >= 11 is 0. The zero-order valence-corrected chi connectivity index (χ0v) is 10.5. The van der Waals surface area contributed by atoms with Gasteiger partial charge in [0.15, 0.2) is 0 Å². The molecule has 0 aromatic heterocycles. The van der Waals surface area contributed by atoms with Gasteiger partial charge in [-0.05, 0) is 17.5 Å². The van der Waals surface area contributed by atoms with Gasteiger partial charge < -0.3 is 9.80 Å². The molecular weight excluding hydrogens is 196 g/mol. The van der Waals surface area contributed by atoms with Crippen molar-refractivity contribution in [2.24, 2.45) is 0 Å². The van der Waals surface area contributed by atoms with Crippen LogP contribution in [-0.4, -0.2) is 28.2 Å². The molecule has 2 nitrogen and oxygen atoms in total. The molecular formula is C14H20N2+2. The Hall–Kier alpha value is -1.38. The van der Waals surface area contributed by atoms with Crippen molar-refractivity contribution in [1.82, 2.24) is 0 Å². The van der Waals surface area contributed by atoms with E-state index in [2.05, 4.69) is 64.6 Å². The first-order chi connectivity index (χ1) is 7.61. The first-order valence-corrected chi connectivity index (χ1v) is 5.74. The number of hydrogen-bond acceptors (Lipinski definition) is 0. The van der Waals surface area contributed by atoms with E-state index in [0.29, 0.717) is 0 Å². The molecule has 0 aliphatic rings. The lowest BCUT2D eigenvalue weighted by Crippen LogP contribution is -3.02. The van der Waals surface area contributed by atoms with Gasteiger partial charge in [-0.15, -0.1) is 0 Å². The Morgan fingerprint density at radius 3 is 1.50 bits per heavy atom. The molecule has 2 N–H and O–H groups in total. The highest BCUT2D eigenvalue weighted by Gasteiger charge is 2.14. The average molecular weight is 216 g/mol. The van der Waals surface area contributed by atoms with E-state index in [1.54, 1.807) is 0 Å². The Morgan fingerprint density at radius 2 is 1.12 bits per heavy atom. The van der Waals surface area contributed by atoms with E-state index in [4.69, 9.17) is 0 Å². The van der Waals surface area contributed by atoms with Crippen LogP contribution in [-0.2, 0) is 0 Å². The van der Waals surface area contributed by atoms with Crippen LogP contribution in [0.1, 0.15) is 0 Å². The maximum absolute atomic E-state index is 2.21. The Kier molecular flexibility index (Phi) is 2.95. The van der Waals surface area contributed by atoms with Crippen molar-refractivity contribution in [3.05, 3.63) is 36.4 Å². The van der Waals surface area contributed by atoms with Gasteiger partial charge in [-0.3, -0.25) is 0 Å². The van der Waals surface area contributed by atoms with Crippen LogP contribution in [0.15, 0.2) is 36.4 Å². The maximum Gasteiger partial charge on any atom is 0.144 e. The highest BCUT2D eigenvalue weighted by molar-refractivity contribution is 5.97. The largest absolute Gasteiger partial charge is 0.307 e. The Balaban J connectivity index is 2.82. The van der Waals surface area contributed by atoms with Gasteiger partial charge in [0.2, 0.25) is 0 Å². The van der Waals surface area contributed by atoms with Crippen LogP contribution in [0.4, 0.5) is 11.4 Å². The summed E-state index contributed by atoms with van der Waals surface area (Å²) in [4.78, 5) is 2.75. The zero-order chi connectivity index (χ0) is 11.7. The molecule has 16 heavy (non-hydrogen) atoms. The molecule has 0 spiro atoms. The third-order valence-electron chi connectivity index (χ3n) is 2.98. The molecule has 0 aliphatic heterocycles. The molecule has 2 aromatic rings. The van der Waals surface area contributed by atoms with Crippen molar-refractivity contribution in [2.45, 2.75) is 0 Å². The van der Waals surface area contributed by atoms with Gasteiger partial charge in [0, 0.05) is 0 Å². The minimum absolute atomic E-state index is 1.33. The summed E-state index contributed by atoms with van der Waals surface area (Å²) in [5.74, 6) is 0. The standard InChI is InChI=1S/C14H18N2/c1-15(2)12-9-5-7-11-8-6-10-13(14(11)12)16(3)4/h5-10H,1-4H3/p+2. The van der Waals surface area contributed by atoms with Gasteiger partial charge in [0.25, 0.3) is 0 Å². The lowest BCUT2D eigenvalue weighted by Gasteiger charge is -2.14. The summed E-state index contributed by atoms with van der Waals surface area (Å²) in [7, 11) is 8.71. The van der Waals surface area contributed by atoms with Gasteiger partial charge >= 0.3 is 0 Å². The quantitative estimate of drug-likeness (QED) is 0.719. The molecule has 0 saturated carbocycles. The first kappa shape index (κ1) is 11.1. The SMILES string of the molecule is C[NH+](C)c1cccc2cccc([NH+](C)C)c12. The average Bonchev–Trinajstić information content (AvgIpc) is 2.27. The summed E-state index contributed by atoms with van der Waals surface area (Å²) in [6.45, 7) is 0. The van der Waals surface area contributed by atoms with E-state index in [-0.39, 0.29) is 0 Å². The van der Waals surface area contributed by atoms with Gasteiger partial charge in [-0.1, -0.05) is 24.3 Å². The van der Waals surface area contributed by atoms with E-state index in [0.717, 1.165) is 0 Å². The minimum Gasteiger partial charge on any atom is -0.307 e. The van der Waals surface area contributed by atoms with Crippen molar-refractivity contribution in [3.8, 4) is 0 Å². The summed E-state index contributed by atoms with van der Waals surface area (Å²) in [6.07, 6.45) is 0. The van der Waals surface area contributed by atoms with Crippen molar-refractivity contribution in [3.63, 3.8) is 0 Å². The molecule has 0 radical (unpaired) electrons. The fourth-order valence-corrected chi connectivity index (χ4v) is 2.17. The van der Waals surface area contributed by atoms with Crippen LogP contribution in [0.5, 0.6) is 0 Å². The number of hydrogen-bond donors (Lipinski definition) is 2. The summed E-state index contributed by atoms with van der Waals surface area (Å²) in [6, 6.07) is 13.1. The monoisotopic (exact) mass is 216 g/mol. The molecule has 0 heterocycles. The minimum atomic E-state index is 1.33. The fraction of sp³-hybridized carbons (Fsp3) is 0.286. The highest BCUT2D eigenvalue weighted by Crippen LogP contribution is 2.25. The first-order valence-electron chi connectivity index (χ1n) is 5.74. The second-order valence-electron chi connectivity index (χ2n) is 4.71. The molecule has 0 fully saturated rings. The molecule has 2 aromatic carbocycles. The van der Waals surface area contributed by atoms with Gasteiger partial charge in [0.1, 0.15) is 16.8 Å². The summed E-state index contributed by atoms with van der Waals surface area (Å²) in [5.41, 5.74) is 2.74. The van der Waals surface area contributed by atoms with Gasteiger partial charge in [-0.2, -0.15) is 0 Å². The number of quaternary nitrogens is 2. The predicted octanol–water partition coefficient (Wildman–Crippen LogP) is 0.392. The Morgan fingerprint density at radius 1 is 0.688 bits per heavy atom. The second-order valence-corrected chi connectivity index (χ2v) is 4.71. The van der Waals surface area contributed by atoms with Crippen LogP contribution in [0, 0.1) is 0 Å². The summed E-state index contributed by atoms with van der Waals surface area (Å²) in [5, 5.41) is 2.72. The molecule has 2 heteroatoms. The van der Waals surface area contributed by atoms with Crippen molar-refractivity contribution < 1.29 is 9.80 Å². The van der Waals surface area contributed by atoms with E-state index in [1.807, 2.05) is 0 Å². The van der Waals surface area contributed by atoms with Crippen molar-refractivity contribution in [1.29, 1.82) is 0 Å². The molecule has 0 bridgehead atoms. The lowest BCUT2D eigenvalue weighted by atomic mass is 10.1. The molecule has 0 aliphatic carbocycles. The smallest absolute Gasteiger partial charge is 0.144 e. The number of rotatable bonds is 2. The normalized spacial score (nSPS) is 11.6. The van der Waals surface area contributed by atoms with E-state index in [9.17, 15) is 0 Å². The van der Waals surface area contributed by atoms with Gasteiger partial charge in [0.05, 0.1) is 28.2 Å². The van der Waals surface area contributed by atoms with Crippen LogP contribution in [0.25, 0.3) is 10.8 Å².